The van der Waals surface area contributed by atoms with Crippen LogP contribution in [0.1, 0.15) is 5.56 Å². The van der Waals surface area contributed by atoms with Crippen LogP contribution in [0.3, 0.4) is 0 Å². The molecular weight excluding hydrogens is 164 g/mol. The van der Waals surface area contributed by atoms with Crippen molar-refractivity contribution in [2.24, 2.45) is 5.73 Å². The fraction of sp³-hybridized carbons (Fsp3) is 0.200. The van der Waals surface area contributed by atoms with Gasteiger partial charge < -0.3 is 16.2 Å². The number of rotatable bonds is 3. The third kappa shape index (κ3) is 2.49. The van der Waals surface area contributed by atoms with E-state index in [9.17, 15) is 0 Å². The van der Waals surface area contributed by atoms with Gasteiger partial charge in [0.05, 0.1) is 7.11 Å². The van der Waals surface area contributed by atoms with Gasteiger partial charge in [-0.15, -0.1) is 0 Å². The number of hydrogen-bond donors (Lipinski definition) is 2. The second kappa shape index (κ2) is 4.52. The summed E-state index contributed by atoms with van der Waals surface area (Å²) in [6, 6.07) is 5.52. The molecule has 1 aromatic carbocycles. The molecule has 0 aromatic heterocycles. The molecule has 3 nitrogen and oxygen atoms in total. The van der Waals surface area contributed by atoms with Crippen LogP contribution in [0.5, 0.6) is 5.75 Å². The summed E-state index contributed by atoms with van der Waals surface area (Å²) < 4.78 is 5.07. The maximum absolute atomic E-state index is 5.74. The van der Waals surface area contributed by atoms with Crippen molar-refractivity contribution in [2.75, 3.05) is 19.4 Å². The fourth-order valence-corrected chi connectivity index (χ4v) is 1.02. The van der Waals surface area contributed by atoms with E-state index in [-0.39, 0.29) is 0 Å². The molecule has 0 bridgehead atoms. The van der Waals surface area contributed by atoms with Crippen LogP contribution in [0, 0.1) is 0 Å². The van der Waals surface area contributed by atoms with Gasteiger partial charge >= 0.3 is 0 Å². The van der Waals surface area contributed by atoms with Gasteiger partial charge in [0.1, 0.15) is 5.75 Å². The molecule has 1 rings (SSSR count). The third-order valence-corrected chi connectivity index (χ3v) is 1.73. The third-order valence-electron chi connectivity index (χ3n) is 1.73. The van der Waals surface area contributed by atoms with E-state index in [1.807, 2.05) is 30.4 Å². The summed E-state index contributed by atoms with van der Waals surface area (Å²) >= 11 is 0. The molecule has 0 atom stereocenters. The van der Waals surface area contributed by atoms with E-state index >= 15 is 0 Å². The zero-order valence-electron chi connectivity index (χ0n) is 7.66. The zero-order chi connectivity index (χ0) is 9.68. The second-order valence-corrected chi connectivity index (χ2v) is 2.63. The first-order valence-corrected chi connectivity index (χ1v) is 4.08. The Kier molecular flexibility index (Phi) is 3.34. The Labute approximate surface area is 78.0 Å². The summed E-state index contributed by atoms with van der Waals surface area (Å²) in [7, 11) is 1.63. The SMILES string of the molecule is COc1ccc(N)c(C=CCN)c1. The van der Waals surface area contributed by atoms with Gasteiger partial charge in [-0.3, -0.25) is 0 Å². The van der Waals surface area contributed by atoms with Gasteiger partial charge in [-0.05, 0) is 18.2 Å². The van der Waals surface area contributed by atoms with E-state index in [4.69, 9.17) is 16.2 Å². The summed E-state index contributed by atoms with van der Waals surface area (Å²) in [5.41, 5.74) is 12.7. The van der Waals surface area contributed by atoms with Gasteiger partial charge in [0, 0.05) is 17.8 Å². The van der Waals surface area contributed by atoms with Crippen LogP contribution in [-0.4, -0.2) is 13.7 Å². The topological polar surface area (TPSA) is 61.3 Å². The van der Waals surface area contributed by atoms with Gasteiger partial charge in [0.15, 0.2) is 0 Å². The molecule has 4 N–H and O–H groups in total. The molecule has 0 aliphatic heterocycles. The molecule has 0 aliphatic carbocycles. The Bertz CT molecular complexity index is 308. The van der Waals surface area contributed by atoms with Crippen molar-refractivity contribution >= 4 is 11.8 Å². The van der Waals surface area contributed by atoms with Crippen molar-refractivity contribution in [2.45, 2.75) is 0 Å². The van der Waals surface area contributed by atoms with Crippen molar-refractivity contribution < 1.29 is 4.74 Å². The van der Waals surface area contributed by atoms with E-state index in [1.165, 1.54) is 0 Å². The Morgan fingerprint density at radius 1 is 1.46 bits per heavy atom. The Morgan fingerprint density at radius 3 is 2.85 bits per heavy atom. The average molecular weight is 178 g/mol. The Balaban J connectivity index is 2.97. The first-order chi connectivity index (χ1) is 6.27. The van der Waals surface area contributed by atoms with E-state index in [0.29, 0.717) is 6.54 Å². The lowest BCUT2D eigenvalue weighted by Gasteiger charge is -2.03. The van der Waals surface area contributed by atoms with Gasteiger partial charge in [-0.1, -0.05) is 12.2 Å². The Morgan fingerprint density at radius 2 is 2.23 bits per heavy atom. The van der Waals surface area contributed by atoms with Crippen LogP contribution in [0.25, 0.3) is 6.08 Å². The number of hydrogen-bond acceptors (Lipinski definition) is 3. The molecule has 0 fully saturated rings. The van der Waals surface area contributed by atoms with E-state index in [1.54, 1.807) is 7.11 Å². The minimum absolute atomic E-state index is 0.511. The van der Waals surface area contributed by atoms with E-state index in [0.717, 1.165) is 17.0 Å². The van der Waals surface area contributed by atoms with Crippen LogP contribution in [-0.2, 0) is 0 Å². The number of nitrogens with two attached hydrogens (primary N) is 2. The number of ether oxygens (including phenoxy) is 1. The normalized spacial score (nSPS) is 10.6. The van der Waals surface area contributed by atoms with Gasteiger partial charge in [0.2, 0.25) is 0 Å². The lowest BCUT2D eigenvalue weighted by Crippen LogP contribution is -1.94. The fourth-order valence-electron chi connectivity index (χ4n) is 1.02. The van der Waals surface area contributed by atoms with Crippen molar-refractivity contribution in [1.82, 2.24) is 0 Å². The minimum atomic E-state index is 0.511. The summed E-state index contributed by atoms with van der Waals surface area (Å²) in [5.74, 6) is 0.797. The predicted molar refractivity (Wildman–Crippen MR) is 55.5 cm³/mol. The number of anilines is 1. The van der Waals surface area contributed by atoms with Crippen molar-refractivity contribution in [3.8, 4) is 5.75 Å². The number of nitrogen functional groups attached to an aromatic ring is 1. The molecule has 0 unspecified atom stereocenters. The van der Waals surface area contributed by atoms with Crippen molar-refractivity contribution in [3.05, 3.63) is 29.8 Å². The van der Waals surface area contributed by atoms with Crippen LogP contribution < -0.4 is 16.2 Å². The van der Waals surface area contributed by atoms with E-state index in [2.05, 4.69) is 0 Å². The molecule has 70 valence electrons. The standard InChI is InChI=1S/C10H14N2O/c1-13-9-4-5-10(12)8(7-9)3-2-6-11/h2-5,7H,6,11-12H2,1H3. The number of methoxy groups -OCH3 is 1. The molecule has 1 aromatic rings. The highest BCUT2D eigenvalue weighted by molar-refractivity contribution is 5.66. The molecule has 0 spiro atoms. The smallest absolute Gasteiger partial charge is 0.119 e. The van der Waals surface area contributed by atoms with Crippen LogP contribution in [0.15, 0.2) is 24.3 Å². The highest BCUT2D eigenvalue weighted by Gasteiger charge is 1.96. The largest absolute Gasteiger partial charge is 0.497 e. The van der Waals surface area contributed by atoms with Crippen LogP contribution in [0.4, 0.5) is 5.69 Å². The molecule has 0 amide bonds. The van der Waals surface area contributed by atoms with Gasteiger partial charge in [-0.2, -0.15) is 0 Å². The maximum Gasteiger partial charge on any atom is 0.119 e. The molecule has 0 saturated carbocycles. The van der Waals surface area contributed by atoms with E-state index < -0.39 is 0 Å². The molecule has 0 aliphatic rings. The summed E-state index contributed by atoms with van der Waals surface area (Å²) in [6.45, 7) is 0.511. The molecule has 0 saturated heterocycles. The summed E-state index contributed by atoms with van der Waals surface area (Å²) in [6.07, 6.45) is 3.74. The highest BCUT2D eigenvalue weighted by Crippen LogP contribution is 2.20. The van der Waals surface area contributed by atoms with Crippen LogP contribution >= 0.6 is 0 Å². The first kappa shape index (κ1) is 9.61. The van der Waals surface area contributed by atoms with Gasteiger partial charge in [0.25, 0.3) is 0 Å². The minimum Gasteiger partial charge on any atom is -0.497 e. The average Bonchev–Trinajstić information content (AvgIpc) is 2.17. The lowest BCUT2D eigenvalue weighted by molar-refractivity contribution is 0.415. The van der Waals surface area contributed by atoms with Gasteiger partial charge in [-0.25, -0.2) is 0 Å². The maximum atomic E-state index is 5.74. The molecule has 13 heavy (non-hydrogen) atoms. The summed E-state index contributed by atoms with van der Waals surface area (Å²) in [5, 5.41) is 0. The monoisotopic (exact) mass is 178 g/mol. The zero-order valence-corrected chi connectivity index (χ0v) is 7.66. The predicted octanol–water partition coefficient (Wildman–Crippen LogP) is 1.25. The molecular formula is C10H14N2O. The van der Waals surface area contributed by atoms with Crippen LogP contribution in [0.2, 0.25) is 0 Å². The van der Waals surface area contributed by atoms with Crippen molar-refractivity contribution in [3.63, 3.8) is 0 Å². The Hall–Kier alpha value is -1.48. The quantitative estimate of drug-likeness (QED) is 0.685. The molecule has 3 heteroatoms. The highest BCUT2D eigenvalue weighted by atomic mass is 16.5. The second-order valence-electron chi connectivity index (χ2n) is 2.63. The molecule has 0 radical (unpaired) electrons. The van der Waals surface area contributed by atoms with Crippen molar-refractivity contribution in [1.29, 1.82) is 0 Å². The number of benzene rings is 1. The summed E-state index contributed by atoms with van der Waals surface area (Å²) in [4.78, 5) is 0. The molecule has 0 heterocycles. The lowest BCUT2D eigenvalue weighted by atomic mass is 10.1. The first-order valence-electron chi connectivity index (χ1n) is 4.08.